The predicted octanol–water partition coefficient (Wildman–Crippen LogP) is 4.44. The van der Waals surface area contributed by atoms with Gasteiger partial charge in [0.25, 0.3) is 0 Å². The summed E-state index contributed by atoms with van der Waals surface area (Å²) in [5.41, 5.74) is 3.05. The number of hydrogen-bond acceptors (Lipinski definition) is 3. The molecule has 4 nitrogen and oxygen atoms in total. The third-order valence-electron chi connectivity index (χ3n) is 3.92. The summed E-state index contributed by atoms with van der Waals surface area (Å²) < 4.78 is 0. The molecule has 0 aliphatic carbocycles. The number of aromatic nitrogens is 1. The molecule has 0 amide bonds. The predicted molar refractivity (Wildman–Crippen MR) is 93.8 cm³/mol. The number of hydrogen-bond donors (Lipinski definition) is 2. The van der Waals surface area contributed by atoms with Crippen LogP contribution in [0.25, 0.3) is 21.8 Å². The van der Waals surface area contributed by atoms with E-state index in [-0.39, 0.29) is 6.42 Å². The molecule has 0 saturated heterocycles. The molecule has 4 heteroatoms. The molecule has 0 fully saturated rings. The number of nitrogens with one attached hydrogen (secondary N) is 1. The molecule has 0 saturated carbocycles. The number of pyridine rings is 1. The van der Waals surface area contributed by atoms with Crippen molar-refractivity contribution in [2.24, 2.45) is 0 Å². The number of fused-ring (bicyclic) bond motifs is 2. The maximum Gasteiger partial charge on any atom is 0.303 e. The second-order valence-corrected chi connectivity index (χ2v) is 5.72. The lowest BCUT2D eigenvalue weighted by Gasteiger charge is -2.08. The first-order valence-electron chi connectivity index (χ1n) is 7.97. The molecule has 0 aliphatic heterocycles. The summed E-state index contributed by atoms with van der Waals surface area (Å²) in [7, 11) is 0. The van der Waals surface area contributed by atoms with E-state index in [1.807, 2.05) is 18.2 Å². The van der Waals surface area contributed by atoms with Crippen LogP contribution < -0.4 is 5.32 Å². The van der Waals surface area contributed by atoms with Crippen molar-refractivity contribution in [3.05, 3.63) is 48.5 Å². The van der Waals surface area contributed by atoms with E-state index in [9.17, 15) is 4.79 Å². The Bertz CT molecular complexity index is 830. The molecule has 2 aromatic carbocycles. The molecule has 0 radical (unpaired) electrons. The van der Waals surface area contributed by atoms with Gasteiger partial charge in [0.05, 0.1) is 11.0 Å². The molecule has 0 spiro atoms. The van der Waals surface area contributed by atoms with E-state index < -0.39 is 5.97 Å². The smallest absolute Gasteiger partial charge is 0.303 e. The molecular weight excluding hydrogens is 288 g/mol. The number of carbonyl (C=O) groups is 1. The number of rotatable bonds is 7. The fraction of sp³-hybridized carbons (Fsp3) is 0.263. The quantitative estimate of drug-likeness (QED) is 0.500. The summed E-state index contributed by atoms with van der Waals surface area (Å²) in [6, 6.07) is 16.5. The van der Waals surface area contributed by atoms with Crippen LogP contribution >= 0.6 is 0 Å². The maximum atomic E-state index is 10.4. The topological polar surface area (TPSA) is 62.2 Å². The second-order valence-electron chi connectivity index (χ2n) is 5.72. The molecule has 23 heavy (non-hydrogen) atoms. The molecule has 0 unspecified atom stereocenters. The molecule has 118 valence electrons. The van der Waals surface area contributed by atoms with Crippen molar-refractivity contribution >= 4 is 33.5 Å². The van der Waals surface area contributed by atoms with Gasteiger partial charge in [-0.3, -0.25) is 4.79 Å². The zero-order valence-corrected chi connectivity index (χ0v) is 13.0. The van der Waals surface area contributed by atoms with Crippen LogP contribution in [0.1, 0.15) is 25.7 Å². The lowest BCUT2D eigenvalue weighted by molar-refractivity contribution is -0.137. The van der Waals surface area contributed by atoms with Crippen molar-refractivity contribution in [3.8, 4) is 0 Å². The number of carboxylic acid groups (broad SMARTS) is 1. The van der Waals surface area contributed by atoms with E-state index >= 15 is 0 Å². The van der Waals surface area contributed by atoms with Gasteiger partial charge in [0.15, 0.2) is 0 Å². The van der Waals surface area contributed by atoms with Gasteiger partial charge in [-0.05, 0) is 37.1 Å². The Kier molecular flexibility index (Phi) is 4.71. The number of para-hydroxylation sites is 1. The van der Waals surface area contributed by atoms with Crippen molar-refractivity contribution in [2.75, 3.05) is 11.9 Å². The fourth-order valence-electron chi connectivity index (χ4n) is 2.69. The summed E-state index contributed by atoms with van der Waals surface area (Å²) in [4.78, 5) is 15.2. The van der Waals surface area contributed by atoms with E-state index in [2.05, 4.69) is 35.6 Å². The van der Waals surface area contributed by atoms with Crippen LogP contribution in [0, 0.1) is 0 Å². The highest BCUT2D eigenvalue weighted by Crippen LogP contribution is 2.22. The Balaban J connectivity index is 1.63. The average Bonchev–Trinajstić information content (AvgIpc) is 2.55. The average molecular weight is 308 g/mol. The summed E-state index contributed by atoms with van der Waals surface area (Å²) in [5.74, 6) is -0.717. The summed E-state index contributed by atoms with van der Waals surface area (Å²) in [5, 5.41) is 14.3. The molecule has 0 atom stereocenters. The van der Waals surface area contributed by atoms with Crippen molar-refractivity contribution in [1.29, 1.82) is 0 Å². The number of carboxylic acids is 1. The Morgan fingerprint density at radius 1 is 0.957 bits per heavy atom. The van der Waals surface area contributed by atoms with Gasteiger partial charge in [-0.1, -0.05) is 30.7 Å². The minimum absolute atomic E-state index is 0.257. The zero-order chi connectivity index (χ0) is 16.1. The number of benzene rings is 2. The van der Waals surface area contributed by atoms with Gasteiger partial charge in [0.1, 0.15) is 0 Å². The Morgan fingerprint density at radius 3 is 2.65 bits per heavy atom. The third kappa shape index (κ3) is 3.97. The fourth-order valence-corrected chi connectivity index (χ4v) is 2.69. The van der Waals surface area contributed by atoms with Gasteiger partial charge in [-0.2, -0.15) is 0 Å². The van der Waals surface area contributed by atoms with E-state index in [1.54, 1.807) is 0 Å². The maximum absolute atomic E-state index is 10.4. The SMILES string of the molecule is O=C(O)CCCCCNc1ccc2cc3ccccc3nc2c1. The van der Waals surface area contributed by atoms with Crippen LogP contribution in [-0.4, -0.2) is 22.6 Å². The monoisotopic (exact) mass is 308 g/mol. The van der Waals surface area contributed by atoms with Crippen molar-refractivity contribution < 1.29 is 9.90 Å². The summed E-state index contributed by atoms with van der Waals surface area (Å²) in [6.07, 6.45) is 2.89. The molecule has 1 aromatic heterocycles. The number of nitrogens with zero attached hydrogens (tertiary/aromatic N) is 1. The largest absolute Gasteiger partial charge is 0.481 e. The van der Waals surface area contributed by atoms with Gasteiger partial charge in [-0.15, -0.1) is 0 Å². The highest BCUT2D eigenvalue weighted by molar-refractivity contribution is 5.93. The molecule has 2 N–H and O–H groups in total. The van der Waals surface area contributed by atoms with Crippen LogP contribution in [0.2, 0.25) is 0 Å². The van der Waals surface area contributed by atoms with Crippen LogP contribution in [-0.2, 0) is 4.79 Å². The van der Waals surface area contributed by atoms with Crippen molar-refractivity contribution in [3.63, 3.8) is 0 Å². The second kappa shape index (κ2) is 7.09. The first kappa shape index (κ1) is 15.3. The van der Waals surface area contributed by atoms with Crippen molar-refractivity contribution in [1.82, 2.24) is 4.98 Å². The number of unbranched alkanes of at least 4 members (excludes halogenated alkanes) is 2. The molecule has 3 rings (SSSR count). The van der Waals surface area contributed by atoms with Gasteiger partial charge in [0, 0.05) is 29.4 Å². The van der Waals surface area contributed by atoms with Gasteiger partial charge in [0.2, 0.25) is 0 Å². The number of aliphatic carboxylic acids is 1. The third-order valence-corrected chi connectivity index (χ3v) is 3.92. The van der Waals surface area contributed by atoms with Crippen molar-refractivity contribution in [2.45, 2.75) is 25.7 Å². The molecule has 3 aromatic rings. The minimum Gasteiger partial charge on any atom is -0.481 e. The summed E-state index contributed by atoms with van der Waals surface area (Å²) >= 11 is 0. The van der Waals surface area contributed by atoms with E-state index in [0.717, 1.165) is 53.3 Å². The van der Waals surface area contributed by atoms with E-state index in [4.69, 9.17) is 10.1 Å². The van der Waals surface area contributed by atoms with E-state index in [1.165, 1.54) is 0 Å². The Morgan fingerprint density at radius 2 is 1.78 bits per heavy atom. The van der Waals surface area contributed by atoms with Gasteiger partial charge >= 0.3 is 5.97 Å². The lowest BCUT2D eigenvalue weighted by atomic mass is 10.1. The Labute approximate surface area is 135 Å². The van der Waals surface area contributed by atoms with E-state index in [0.29, 0.717) is 0 Å². The molecule has 0 bridgehead atoms. The normalized spacial score (nSPS) is 11.0. The molecule has 0 aliphatic rings. The van der Waals surface area contributed by atoms with Crippen LogP contribution in [0.4, 0.5) is 5.69 Å². The van der Waals surface area contributed by atoms with Gasteiger partial charge in [-0.25, -0.2) is 4.98 Å². The van der Waals surface area contributed by atoms with Crippen LogP contribution in [0.15, 0.2) is 48.5 Å². The zero-order valence-electron chi connectivity index (χ0n) is 13.0. The standard InChI is InChI=1S/C19H20N2O2/c22-19(23)8-2-1-5-11-20-16-10-9-15-12-14-6-3-4-7-17(14)21-18(15)13-16/h3-4,6-7,9-10,12-13,20H,1-2,5,8,11H2,(H,22,23). The number of anilines is 1. The Hall–Kier alpha value is -2.62. The van der Waals surface area contributed by atoms with Crippen LogP contribution in [0.3, 0.4) is 0 Å². The molecule has 1 heterocycles. The van der Waals surface area contributed by atoms with Gasteiger partial charge < -0.3 is 10.4 Å². The molecular formula is C19H20N2O2. The lowest BCUT2D eigenvalue weighted by Crippen LogP contribution is -2.02. The highest BCUT2D eigenvalue weighted by atomic mass is 16.4. The van der Waals surface area contributed by atoms with Crippen LogP contribution in [0.5, 0.6) is 0 Å². The highest BCUT2D eigenvalue weighted by Gasteiger charge is 2.01. The first-order valence-corrected chi connectivity index (χ1v) is 7.97. The summed E-state index contributed by atoms with van der Waals surface area (Å²) in [6.45, 7) is 0.846. The first-order chi connectivity index (χ1) is 11.2. The minimum atomic E-state index is -0.717.